The predicted octanol–water partition coefficient (Wildman–Crippen LogP) is 1.61. The topological polar surface area (TPSA) is 194 Å². The minimum atomic E-state index is -3.75. The quantitative estimate of drug-likeness (QED) is 0.299. The van der Waals surface area contributed by atoms with E-state index in [1.807, 2.05) is 0 Å². The number of Topliss-reactive ketones (excluding diaryl/α,β-unsaturated/α-hetero) is 1. The minimum absolute atomic E-state index is 0.148. The van der Waals surface area contributed by atoms with Gasteiger partial charge in [-0.15, -0.1) is 5.10 Å². The van der Waals surface area contributed by atoms with Crippen molar-refractivity contribution in [3.05, 3.63) is 28.2 Å². The van der Waals surface area contributed by atoms with E-state index in [4.69, 9.17) is 23.2 Å². The first-order valence-corrected chi connectivity index (χ1v) is 16.2. The molecule has 2 heterocycles. The molecule has 14 nitrogen and oxygen atoms in total. The van der Waals surface area contributed by atoms with Gasteiger partial charge < -0.3 is 15.3 Å². The van der Waals surface area contributed by atoms with Crippen LogP contribution in [0.15, 0.2) is 28.3 Å². The van der Waals surface area contributed by atoms with Crippen LogP contribution in [-0.4, -0.2) is 93.1 Å². The second kappa shape index (κ2) is 13.7. The summed E-state index contributed by atoms with van der Waals surface area (Å²) in [6.45, 7) is 4.62. The van der Waals surface area contributed by atoms with Gasteiger partial charge in [-0.05, 0) is 59.5 Å². The van der Waals surface area contributed by atoms with E-state index in [1.165, 1.54) is 11.8 Å². The third-order valence-electron chi connectivity index (χ3n) is 6.71. The van der Waals surface area contributed by atoms with Crippen LogP contribution >= 0.6 is 35.0 Å². The molecule has 2 amide bonds. The number of halogens is 2. The van der Waals surface area contributed by atoms with Crippen molar-refractivity contribution >= 4 is 68.6 Å². The number of carbonyl (C=O) groups is 4. The Labute approximate surface area is 256 Å². The average Bonchev–Trinajstić information content (AvgIpc) is 3.27. The van der Waals surface area contributed by atoms with Gasteiger partial charge in [-0.25, -0.2) is 17.8 Å². The number of hydrogen-bond acceptors (Lipinski definition) is 10. The molecule has 0 radical (unpaired) electrons. The summed E-state index contributed by atoms with van der Waals surface area (Å²) in [5, 5.41) is 23.9. The van der Waals surface area contributed by atoms with Crippen LogP contribution in [0.3, 0.4) is 0 Å². The number of ketones is 1. The van der Waals surface area contributed by atoms with Gasteiger partial charge in [0.15, 0.2) is 5.78 Å². The van der Waals surface area contributed by atoms with E-state index in [1.54, 1.807) is 32.0 Å². The molecule has 3 rings (SSSR count). The molecule has 3 N–H and O–H groups in total. The van der Waals surface area contributed by atoms with Crippen LogP contribution in [0.4, 0.5) is 0 Å². The van der Waals surface area contributed by atoms with Gasteiger partial charge in [-0.1, -0.05) is 43.1 Å². The van der Waals surface area contributed by atoms with Crippen LogP contribution in [0.1, 0.15) is 40.0 Å². The van der Waals surface area contributed by atoms with Crippen LogP contribution in [0, 0.1) is 5.41 Å². The molecular weight excluding hydrogens is 633 g/mol. The number of aromatic nitrogens is 4. The molecule has 1 aromatic heterocycles. The lowest BCUT2D eigenvalue weighted by Gasteiger charge is -2.35. The third kappa shape index (κ3) is 8.63. The van der Waals surface area contributed by atoms with Crippen molar-refractivity contribution in [2.45, 2.75) is 74.8 Å². The Morgan fingerprint density at radius 3 is 2.48 bits per heavy atom. The molecule has 230 valence electrons. The maximum absolute atomic E-state index is 13.4. The molecule has 1 saturated heterocycles. The Hall–Kier alpha value is -2.79. The smallest absolute Gasteiger partial charge is 0.305 e. The Balaban J connectivity index is 1.77. The summed E-state index contributed by atoms with van der Waals surface area (Å²) in [5.74, 6) is -3.44. The first-order chi connectivity index (χ1) is 19.5. The summed E-state index contributed by atoms with van der Waals surface area (Å²) in [4.78, 5) is 53.2. The number of tetrazole rings is 1. The number of carboxylic acid groups (broad SMARTS) is 1. The van der Waals surface area contributed by atoms with Crippen molar-refractivity contribution in [1.82, 2.24) is 35.1 Å². The lowest BCUT2D eigenvalue weighted by Crippen LogP contribution is -2.58. The Morgan fingerprint density at radius 1 is 1.24 bits per heavy atom. The van der Waals surface area contributed by atoms with Crippen molar-refractivity contribution in [2.24, 2.45) is 5.41 Å². The van der Waals surface area contributed by atoms with Crippen molar-refractivity contribution in [1.29, 1.82) is 0 Å². The van der Waals surface area contributed by atoms with Gasteiger partial charge in [0, 0.05) is 6.54 Å². The normalized spacial score (nSPS) is 18.7. The number of hydrogen-bond donors (Lipinski definition) is 3. The number of carboxylic acids is 1. The molecule has 1 unspecified atom stereocenters. The summed E-state index contributed by atoms with van der Waals surface area (Å²) < 4.78 is 27.5. The molecule has 2 aromatic rings. The number of nitrogens with one attached hydrogen (secondary N) is 2. The largest absolute Gasteiger partial charge is 0.481 e. The zero-order valence-electron chi connectivity index (χ0n) is 23.2. The Bertz CT molecular complexity index is 1450. The Morgan fingerprint density at radius 2 is 1.88 bits per heavy atom. The molecule has 0 bridgehead atoms. The van der Waals surface area contributed by atoms with Gasteiger partial charge in [0.05, 0.1) is 33.7 Å². The molecule has 3 atom stereocenters. The van der Waals surface area contributed by atoms with Crippen LogP contribution in [-0.2, 0) is 35.7 Å². The summed E-state index contributed by atoms with van der Waals surface area (Å²) in [6, 6.07) is 1.15. The molecule has 18 heteroatoms. The molecule has 42 heavy (non-hydrogen) atoms. The van der Waals surface area contributed by atoms with E-state index in [-0.39, 0.29) is 11.7 Å². The number of likely N-dealkylation sites (tertiary alicyclic amines) is 1. The molecule has 1 aliphatic rings. The van der Waals surface area contributed by atoms with E-state index in [0.717, 1.165) is 22.7 Å². The summed E-state index contributed by atoms with van der Waals surface area (Å²) >= 11 is 13.4. The molecule has 1 aromatic carbocycles. The molecule has 0 saturated carbocycles. The monoisotopic (exact) mass is 663 g/mol. The SMILES string of the molecule is C[C@@H](C(=O)NC(CC(=O)O)C(=O)Cn1nnnc1Sc1c(Cl)cccc1Cl)N1CCCC(C)(C)[C@H](NS(C)(=O)=O)C1=O. The molecule has 1 fully saturated rings. The summed E-state index contributed by atoms with van der Waals surface area (Å²) in [7, 11) is -3.75. The van der Waals surface area contributed by atoms with Gasteiger partial charge in [-0.3, -0.25) is 19.2 Å². The van der Waals surface area contributed by atoms with Crippen molar-refractivity contribution in [3.63, 3.8) is 0 Å². The molecule has 0 aliphatic carbocycles. The number of rotatable bonds is 12. The average molecular weight is 665 g/mol. The van der Waals surface area contributed by atoms with Crippen LogP contribution in [0.25, 0.3) is 0 Å². The first-order valence-electron chi connectivity index (χ1n) is 12.7. The van der Waals surface area contributed by atoms with E-state index in [2.05, 4.69) is 25.6 Å². The zero-order valence-corrected chi connectivity index (χ0v) is 26.3. The van der Waals surface area contributed by atoms with E-state index < -0.39 is 70.1 Å². The third-order valence-corrected chi connectivity index (χ3v) is 9.35. The van der Waals surface area contributed by atoms with Crippen LogP contribution in [0.5, 0.6) is 0 Å². The number of aliphatic carboxylic acids is 1. The highest BCUT2D eigenvalue weighted by Gasteiger charge is 2.44. The van der Waals surface area contributed by atoms with E-state index in [0.29, 0.717) is 27.8 Å². The van der Waals surface area contributed by atoms with Crippen LogP contribution in [0.2, 0.25) is 10.0 Å². The maximum Gasteiger partial charge on any atom is 0.305 e. The number of benzene rings is 1. The fourth-order valence-electron chi connectivity index (χ4n) is 4.42. The first kappa shape index (κ1) is 33.7. The fourth-order valence-corrected chi connectivity index (χ4v) is 6.69. The summed E-state index contributed by atoms with van der Waals surface area (Å²) in [5.41, 5.74) is -0.733. The van der Waals surface area contributed by atoms with Gasteiger partial charge in [-0.2, -0.15) is 0 Å². The Kier molecular flexibility index (Phi) is 11.0. The number of amides is 2. The fraction of sp³-hybridized carbons (Fsp3) is 0.542. The minimum Gasteiger partial charge on any atom is -0.481 e. The van der Waals surface area contributed by atoms with E-state index >= 15 is 0 Å². The number of carbonyl (C=O) groups excluding carboxylic acids is 3. The van der Waals surface area contributed by atoms with Gasteiger partial charge in [0.1, 0.15) is 18.6 Å². The highest BCUT2D eigenvalue weighted by atomic mass is 35.5. The van der Waals surface area contributed by atoms with E-state index in [9.17, 15) is 32.7 Å². The van der Waals surface area contributed by atoms with Gasteiger partial charge in [0.25, 0.3) is 0 Å². The molecular formula is C24H31Cl2N7O7S2. The molecule has 1 aliphatic heterocycles. The van der Waals surface area contributed by atoms with Crippen molar-refractivity contribution in [2.75, 3.05) is 12.8 Å². The second-order valence-corrected chi connectivity index (χ2v) is 14.1. The lowest BCUT2D eigenvalue weighted by molar-refractivity contribution is -0.144. The van der Waals surface area contributed by atoms with Crippen molar-refractivity contribution < 1.29 is 32.7 Å². The number of sulfonamides is 1. The maximum atomic E-state index is 13.4. The zero-order chi connectivity index (χ0) is 31.4. The van der Waals surface area contributed by atoms with Gasteiger partial charge >= 0.3 is 5.97 Å². The van der Waals surface area contributed by atoms with Gasteiger partial charge in [0.2, 0.25) is 27.0 Å². The van der Waals surface area contributed by atoms with Crippen LogP contribution < -0.4 is 10.0 Å². The highest BCUT2D eigenvalue weighted by molar-refractivity contribution is 7.99. The standard InChI is InChI=1S/C24H31Cl2N7O7S2/c1-13(32-10-6-9-24(2,3)20(22(32)38)29-42(4,39)40)21(37)27-16(11-18(35)36)17(34)12-33-23(28-30-31-33)41-19-14(25)7-5-8-15(19)26/h5,7-8,13,16,20,29H,6,9-12H2,1-4H3,(H,27,37)(H,35,36)/t13-,16?,20+/m0/s1. The van der Waals surface area contributed by atoms with Crippen molar-refractivity contribution in [3.8, 4) is 0 Å². The highest BCUT2D eigenvalue weighted by Crippen LogP contribution is 2.37. The summed E-state index contributed by atoms with van der Waals surface area (Å²) in [6.07, 6.45) is 1.20. The predicted molar refractivity (Wildman–Crippen MR) is 154 cm³/mol. The second-order valence-electron chi connectivity index (χ2n) is 10.5. The lowest BCUT2D eigenvalue weighted by atomic mass is 9.81. The molecule has 0 spiro atoms. The number of nitrogens with zero attached hydrogens (tertiary/aromatic N) is 5.